The summed E-state index contributed by atoms with van der Waals surface area (Å²) in [6.07, 6.45) is 8.23. The van der Waals surface area contributed by atoms with Crippen molar-refractivity contribution in [3.63, 3.8) is 0 Å². The Balaban J connectivity index is 1.49. The molecule has 1 aromatic rings. The van der Waals surface area contributed by atoms with E-state index in [1.54, 1.807) is 11.3 Å². The van der Waals surface area contributed by atoms with E-state index in [4.69, 9.17) is 11.6 Å². The number of likely N-dealkylation sites (tertiary alicyclic amines) is 1. The smallest absolute Gasteiger partial charge is 0.0558 e. The third-order valence-corrected chi connectivity index (χ3v) is 5.14. The number of hydrogen-bond donors (Lipinski definition) is 1. The highest BCUT2D eigenvalue weighted by Gasteiger charge is 2.07. The standard InChI is InChI=1S/C15H25ClN2S/c16-14-7-12-19-15(14)13-17-8-3-6-11-18-9-4-1-2-5-10-18/h7,12,17H,1-6,8-11,13H2. The molecule has 1 saturated heterocycles. The normalized spacial score (nSPS) is 17.5. The molecule has 0 bridgehead atoms. The second kappa shape index (κ2) is 8.96. The minimum Gasteiger partial charge on any atom is -0.312 e. The quantitative estimate of drug-likeness (QED) is 0.761. The van der Waals surface area contributed by atoms with Gasteiger partial charge in [-0.3, -0.25) is 0 Å². The Morgan fingerprint density at radius 1 is 1.16 bits per heavy atom. The SMILES string of the molecule is Clc1ccsc1CNCCCCN1CCCCCC1. The highest BCUT2D eigenvalue weighted by molar-refractivity contribution is 7.10. The molecule has 19 heavy (non-hydrogen) atoms. The van der Waals surface area contributed by atoms with Crippen molar-refractivity contribution in [3.05, 3.63) is 21.3 Å². The van der Waals surface area contributed by atoms with Crippen molar-refractivity contribution in [1.29, 1.82) is 0 Å². The minimum atomic E-state index is 0.905. The summed E-state index contributed by atoms with van der Waals surface area (Å²) in [5, 5.41) is 6.45. The van der Waals surface area contributed by atoms with Gasteiger partial charge >= 0.3 is 0 Å². The lowest BCUT2D eigenvalue weighted by Crippen LogP contribution is -2.26. The Hall–Kier alpha value is -0.0900. The second-order valence-electron chi connectivity index (χ2n) is 5.33. The zero-order valence-electron chi connectivity index (χ0n) is 11.7. The largest absolute Gasteiger partial charge is 0.312 e. The van der Waals surface area contributed by atoms with Crippen molar-refractivity contribution in [2.24, 2.45) is 0 Å². The van der Waals surface area contributed by atoms with Gasteiger partial charge in [-0.25, -0.2) is 0 Å². The lowest BCUT2D eigenvalue weighted by Gasteiger charge is -2.19. The number of unbranched alkanes of at least 4 members (excludes halogenated alkanes) is 1. The fourth-order valence-electron chi connectivity index (χ4n) is 2.60. The van der Waals surface area contributed by atoms with Crippen LogP contribution in [0.5, 0.6) is 0 Å². The van der Waals surface area contributed by atoms with E-state index in [9.17, 15) is 0 Å². The van der Waals surface area contributed by atoms with Crippen LogP contribution in [0.1, 0.15) is 43.4 Å². The lowest BCUT2D eigenvalue weighted by atomic mass is 10.2. The minimum absolute atomic E-state index is 0.905. The van der Waals surface area contributed by atoms with Gasteiger partial charge in [0.05, 0.1) is 5.02 Å². The molecule has 1 aliphatic heterocycles. The number of nitrogens with one attached hydrogen (secondary N) is 1. The average molecular weight is 301 g/mol. The molecule has 0 aromatic carbocycles. The number of nitrogens with zero attached hydrogens (tertiary/aromatic N) is 1. The van der Waals surface area contributed by atoms with E-state index >= 15 is 0 Å². The first kappa shape index (κ1) is 15.3. The summed E-state index contributed by atoms with van der Waals surface area (Å²) in [7, 11) is 0. The van der Waals surface area contributed by atoms with Crippen LogP contribution < -0.4 is 5.32 Å². The summed E-state index contributed by atoms with van der Waals surface area (Å²) in [6.45, 7) is 5.93. The lowest BCUT2D eigenvalue weighted by molar-refractivity contribution is 0.278. The van der Waals surface area contributed by atoms with Crippen LogP contribution in [-0.2, 0) is 6.54 Å². The molecule has 0 unspecified atom stereocenters. The van der Waals surface area contributed by atoms with Crippen LogP contribution in [0.25, 0.3) is 0 Å². The summed E-state index contributed by atoms with van der Waals surface area (Å²) >= 11 is 7.80. The molecule has 108 valence electrons. The van der Waals surface area contributed by atoms with E-state index < -0.39 is 0 Å². The van der Waals surface area contributed by atoms with Crippen LogP contribution in [0.3, 0.4) is 0 Å². The molecular formula is C15H25ClN2S. The molecule has 2 nitrogen and oxygen atoms in total. The van der Waals surface area contributed by atoms with Gasteiger partial charge in [-0.2, -0.15) is 0 Å². The summed E-state index contributed by atoms with van der Waals surface area (Å²) in [6, 6.07) is 1.97. The summed E-state index contributed by atoms with van der Waals surface area (Å²) < 4.78 is 0. The first-order chi connectivity index (χ1) is 9.36. The van der Waals surface area contributed by atoms with Gasteiger partial charge in [-0.05, 0) is 63.3 Å². The number of hydrogen-bond acceptors (Lipinski definition) is 3. The fraction of sp³-hybridized carbons (Fsp3) is 0.733. The Labute approximate surface area is 126 Å². The highest BCUT2D eigenvalue weighted by Crippen LogP contribution is 2.21. The van der Waals surface area contributed by atoms with E-state index in [0.29, 0.717) is 0 Å². The molecule has 1 N–H and O–H groups in total. The average Bonchev–Trinajstić information content (AvgIpc) is 2.67. The predicted octanol–water partition coefficient (Wildman–Crippen LogP) is 4.15. The van der Waals surface area contributed by atoms with Crippen molar-refractivity contribution in [2.75, 3.05) is 26.2 Å². The first-order valence-corrected chi connectivity index (χ1v) is 8.77. The van der Waals surface area contributed by atoms with Gasteiger partial charge in [0.25, 0.3) is 0 Å². The maximum atomic E-state index is 6.06. The number of rotatable bonds is 7. The van der Waals surface area contributed by atoms with Crippen LogP contribution in [-0.4, -0.2) is 31.1 Å². The molecule has 0 spiro atoms. The molecule has 4 heteroatoms. The summed E-state index contributed by atoms with van der Waals surface area (Å²) in [5.74, 6) is 0. The second-order valence-corrected chi connectivity index (χ2v) is 6.74. The Morgan fingerprint density at radius 2 is 1.95 bits per heavy atom. The molecular weight excluding hydrogens is 276 g/mol. The molecule has 0 amide bonds. The van der Waals surface area contributed by atoms with Crippen LogP contribution in [0.15, 0.2) is 11.4 Å². The molecule has 0 saturated carbocycles. The van der Waals surface area contributed by atoms with Crippen LogP contribution >= 0.6 is 22.9 Å². The van der Waals surface area contributed by atoms with E-state index in [2.05, 4.69) is 15.6 Å². The van der Waals surface area contributed by atoms with E-state index in [1.807, 2.05) is 6.07 Å². The highest BCUT2D eigenvalue weighted by atomic mass is 35.5. The van der Waals surface area contributed by atoms with Gasteiger partial charge < -0.3 is 10.2 Å². The van der Waals surface area contributed by atoms with Crippen molar-refractivity contribution < 1.29 is 0 Å². The third kappa shape index (κ3) is 5.82. The van der Waals surface area contributed by atoms with Crippen molar-refractivity contribution >= 4 is 22.9 Å². The van der Waals surface area contributed by atoms with E-state index in [0.717, 1.165) is 18.1 Å². The Bertz CT molecular complexity index is 346. The Kier molecular flexibility index (Phi) is 7.21. The molecule has 1 fully saturated rings. The summed E-state index contributed by atoms with van der Waals surface area (Å²) in [4.78, 5) is 3.90. The first-order valence-electron chi connectivity index (χ1n) is 7.51. The van der Waals surface area contributed by atoms with Gasteiger partial charge in [-0.1, -0.05) is 24.4 Å². The summed E-state index contributed by atoms with van der Waals surface area (Å²) in [5.41, 5.74) is 0. The number of thiophene rings is 1. The van der Waals surface area contributed by atoms with Gasteiger partial charge in [0, 0.05) is 11.4 Å². The zero-order valence-corrected chi connectivity index (χ0v) is 13.2. The molecule has 2 heterocycles. The molecule has 1 aromatic heterocycles. The van der Waals surface area contributed by atoms with Gasteiger partial charge in [0.2, 0.25) is 0 Å². The molecule has 0 atom stereocenters. The zero-order chi connectivity index (χ0) is 13.3. The Morgan fingerprint density at radius 3 is 2.63 bits per heavy atom. The third-order valence-electron chi connectivity index (χ3n) is 3.75. The molecule has 1 aliphatic rings. The van der Waals surface area contributed by atoms with Gasteiger partial charge in [0.1, 0.15) is 0 Å². The van der Waals surface area contributed by atoms with Crippen molar-refractivity contribution in [3.8, 4) is 0 Å². The van der Waals surface area contributed by atoms with Crippen LogP contribution in [0.4, 0.5) is 0 Å². The molecule has 0 radical (unpaired) electrons. The maximum Gasteiger partial charge on any atom is 0.0558 e. The maximum absolute atomic E-state index is 6.06. The van der Waals surface area contributed by atoms with Crippen molar-refractivity contribution in [2.45, 2.75) is 45.1 Å². The number of halogens is 1. The van der Waals surface area contributed by atoms with E-state index in [1.165, 1.54) is 63.0 Å². The van der Waals surface area contributed by atoms with E-state index in [-0.39, 0.29) is 0 Å². The van der Waals surface area contributed by atoms with Gasteiger partial charge in [0.15, 0.2) is 0 Å². The van der Waals surface area contributed by atoms with Crippen LogP contribution in [0.2, 0.25) is 5.02 Å². The monoisotopic (exact) mass is 300 g/mol. The van der Waals surface area contributed by atoms with Gasteiger partial charge in [-0.15, -0.1) is 11.3 Å². The van der Waals surface area contributed by atoms with Crippen LogP contribution in [0, 0.1) is 0 Å². The van der Waals surface area contributed by atoms with Crippen molar-refractivity contribution in [1.82, 2.24) is 10.2 Å². The fourth-order valence-corrected chi connectivity index (χ4v) is 3.67. The molecule has 0 aliphatic carbocycles. The predicted molar refractivity (Wildman–Crippen MR) is 85.2 cm³/mol. The molecule has 2 rings (SSSR count). The topological polar surface area (TPSA) is 15.3 Å².